The van der Waals surface area contributed by atoms with Gasteiger partial charge in [0.25, 0.3) is 0 Å². The third-order valence-corrected chi connectivity index (χ3v) is 7.75. The number of hydrogen-bond acceptors (Lipinski definition) is 7. The van der Waals surface area contributed by atoms with Crippen LogP contribution in [0.1, 0.15) is 106 Å². The highest BCUT2D eigenvalue weighted by Gasteiger charge is 2.19. The van der Waals surface area contributed by atoms with Crippen molar-refractivity contribution in [1.82, 2.24) is 9.97 Å². The van der Waals surface area contributed by atoms with Gasteiger partial charge in [-0.25, -0.2) is 9.98 Å². The fraction of sp³-hybridized carbons (Fsp3) is 0.409. The molecule has 1 fully saturated rings. The molecule has 0 radical (unpaired) electrons. The maximum atomic E-state index is 8.00. The number of fused-ring (bicyclic) bond motifs is 1. The Balaban J connectivity index is 0.00000224. The second-order valence-corrected chi connectivity index (χ2v) is 12.5. The van der Waals surface area contributed by atoms with Crippen molar-refractivity contribution < 1.29 is 9.53 Å². The third-order valence-electron chi connectivity index (χ3n) is 7.75. The first kappa shape index (κ1) is 47.6. The van der Waals surface area contributed by atoms with Crippen LogP contribution in [0.25, 0.3) is 16.8 Å². The number of guanidine groups is 1. The topological polar surface area (TPSA) is 127 Å². The summed E-state index contributed by atoms with van der Waals surface area (Å²) in [5, 5.41) is 11.8. The van der Waals surface area contributed by atoms with Crippen LogP contribution in [0.2, 0.25) is 0 Å². The number of nitrogens with one attached hydrogen (secondary N) is 3. The summed E-state index contributed by atoms with van der Waals surface area (Å²) in [6.07, 6.45) is 17.9. The molecule has 0 spiro atoms. The fourth-order valence-corrected chi connectivity index (χ4v) is 5.40. The largest absolute Gasteiger partial charge is 0.438 e. The van der Waals surface area contributed by atoms with E-state index in [1.54, 1.807) is 12.3 Å². The molecule has 3 aromatic carbocycles. The summed E-state index contributed by atoms with van der Waals surface area (Å²) in [5.74, 6) is 2.71. The van der Waals surface area contributed by atoms with Crippen LogP contribution in [0, 0.1) is 18.8 Å². The molecule has 1 aromatic heterocycles. The Hall–Kier alpha value is -5.36. The van der Waals surface area contributed by atoms with E-state index >= 15 is 0 Å². The van der Waals surface area contributed by atoms with Crippen LogP contribution in [0.3, 0.4) is 0 Å². The standard InChI is InChI=1S/C34H41N7O.C3H8.2C2H6.C2H2.CH2O/c1-6-24-28(36-5)19-23(34(2,3)4)20-29(24)40-32(35)39-27-15-16-30(26-14-10-9-13-25(26)27)42-31-17-18-37-33(41-31)38-21-22-11-7-8-12-22;1-3-2;4*1-2/h6,9-10,13-20,22,36H,1,7-8,11-12,21H2,2-5H3,(H3,35,39,40)(H,37,38,41);3H2,1-2H3;2*1-2H3;1-2H;1H2. The molecule has 0 unspecified atom stereocenters. The number of rotatable bonds is 9. The summed E-state index contributed by atoms with van der Waals surface area (Å²) in [6.45, 7) is 25.7. The molecular formula is C44H65N7O2. The molecule has 288 valence electrons. The Morgan fingerprint density at radius 3 is 2.13 bits per heavy atom. The van der Waals surface area contributed by atoms with Crippen molar-refractivity contribution >= 4 is 52.6 Å². The van der Waals surface area contributed by atoms with Gasteiger partial charge in [-0.3, -0.25) is 0 Å². The Kier molecular flexibility index (Phi) is 23.7. The first-order valence-corrected chi connectivity index (χ1v) is 18.6. The Bertz CT molecular complexity index is 1690. The van der Waals surface area contributed by atoms with Gasteiger partial charge >= 0.3 is 0 Å². The molecule has 9 heteroatoms. The lowest BCUT2D eigenvalue weighted by Gasteiger charge is -2.23. The molecule has 0 bridgehead atoms. The number of terminal acetylenes is 1. The lowest BCUT2D eigenvalue weighted by molar-refractivity contribution is -0.0980. The first-order chi connectivity index (χ1) is 25.7. The number of ether oxygens (including phenoxy) is 1. The van der Waals surface area contributed by atoms with Gasteiger partial charge in [-0.05, 0) is 54.0 Å². The highest BCUT2D eigenvalue weighted by molar-refractivity contribution is 6.02. The zero-order valence-electron chi connectivity index (χ0n) is 34.0. The molecule has 4 aromatic rings. The van der Waals surface area contributed by atoms with Gasteiger partial charge in [-0.1, -0.05) is 118 Å². The number of carbonyl (C=O) groups is 1. The van der Waals surface area contributed by atoms with Gasteiger partial charge < -0.3 is 31.2 Å². The summed E-state index contributed by atoms with van der Waals surface area (Å²) in [4.78, 5) is 21.7. The van der Waals surface area contributed by atoms with E-state index in [-0.39, 0.29) is 11.4 Å². The van der Waals surface area contributed by atoms with Gasteiger partial charge in [0.2, 0.25) is 11.8 Å². The molecule has 0 atom stereocenters. The quantitative estimate of drug-likeness (QED) is 0.0763. The summed E-state index contributed by atoms with van der Waals surface area (Å²) in [7, 11) is 1.90. The predicted molar refractivity (Wildman–Crippen MR) is 232 cm³/mol. The molecule has 5 rings (SSSR count). The molecule has 0 aliphatic heterocycles. The number of anilines is 3. The number of benzene rings is 3. The molecule has 9 nitrogen and oxygen atoms in total. The normalized spacial score (nSPS) is 11.9. The van der Waals surface area contributed by atoms with E-state index in [1.807, 2.05) is 84.0 Å². The highest BCUT2D eigenvalue weighted by Crippen LogP contribution is 2.37. The summed E-state index contributed by atoms with van der Waals surface area (Å²) in [6, 6.07) is 17.8. The van der Waals surface area contributed by atoms with Crippen molar-refractivity contribution in [1.29, 1.82) is 0 Å². The van der Waals surface area contributed by atoms with Crippen molar-refractivity contribution in [3.05, 3.63) is 78.5 Å². The Morgan fingerprint density at radius 1 is 0.981 bits per heavy atom. The smallest absolute Gasteiger partial charge is 0.225 e. The second kappa shape index (κ2) is 26.4. The number of carbonyl (C=O) groups excluding carboxylic acids is 1. The van der Waals surface area contributed by atoms with Crippen molar-refractivity contribution in [3.8, 4) is 24.5 Å². The van der Waals surface area contributed by atoms with Crippen LogP contribution in [-0.2, 0) is 10.2 Å². The molecule has 1 aliphatic carbocycles. The summed E-state index contributed by atoms with van der Waals surface area (Å²) < 4.78 is 6.26. The minimum atomic E-state index is -0.0455. The lowest BCUT2D eigenvalue weighted by atomic mass is 9.85. The minimum Gasteiger partial charge on any atom is -0.438 e. The first-order valence-electron chi connectivity index (χ1n) is 18.6. The predicted octanol–water partition coefficient (Wildman–Crippen LogP) is 11.6. The average Bonchev–Trinajstić information content (AvgIpc) is 3.72. The minimum absolute atomic E-state index is 0.0455. The van der Waals surface area contributed by atoms with Crippen molar-refractivity contribution in [3.63, 3.8) is 0 Å². The zero-order valence-corrected chi connectivity index (χ0v) is 34.0. The molecule has 1 saturated carbocycles. The van der Waals surface area contributed by atoms with Crippen LogP contribution in [0.4, 0.5) is 23.0 Å². The number of nitrogens with two attached hydrogens (primary N) is 1. The molecule has 1 aliphatic rings. The van der Waals surface area contributed by atoms with E-state index in [4.69, 9.17) is 20.3 Å². The summed E-state index contributed by atoms with van der Waals surface area (Å²) in [5.41, 5.74) is 11.1. The zero-order chi connectivity index (χ0) is 40.4. The molecule has 5 N–H and O–H groups in total. The number of nitrogens with zero attached hydrogens (tertiary/aromatic N) is 3. The SMILES string of the molecule is C#C.C=Cc1c(NC)cc(C(C)(C)C)cc1NC(N)=Nc1ccc(Oc2ccnc(NCC3CCCC3)n2)c2ccccc12.C=O.CC.CC.CCC. The van der Waals surface area contributed by atoms with Crippen LogP contribution in [-0.4, -0.2) is 36.3 Å². The third kappa shape index (κ3) is 15.0. The van der Waals surface area contributed by atoms with E-state index < -0.39 is 0 Å². The number of aliphatic imine (C=N–C) groups is 1. The van der Waals surface area contributed by atoms with Crippen molar-refractivity contribution in [2.75, 3.05) is 29.5 Å². The van der Waals surface area contributed by atoms with Gasteiger partial charge in [-0.2, -0.15) is 4.98 Å². The Morgan fingerprint density at radius 2 is 1.57 bits per heavy atom. The van der Waals surface area contributed by atoms with Gasteiger partial charge in [0.15, 0.2) is 5.96 Å². The maximum absolute atomic E-state index is 8.00. The average molecular weight is 724 g/mol. The van der Waals surface area contributed by atoms with Gasteiger partial charge in [0.1, 0.15) is 12.5 Å². The van der Waals surface area contributed by atoms with Crippen LogP contribution in [0.15, 0.2) is 72.4 Å². The molecular weight excluding hydrogens is 659 g/mol. The van der Waals surface area contributed by atoms with E-state index in [2.05, 4.69) is 92.1 Å². The van der Waals surface area contributed by atoms with E-state index in [1.165, 1.54) is 37.7 Å². The van der Waals surface area contributed by atoms with E-state index in [0.29, 0.717) is 23.5 Å². The van der Waals surface area contributed by atoms with Crippen molar-refractivity contribution in [2.45, 2.75) is 99.8 Å². The van der Waals surface area contributed by atoms with Gasteiger partial charge in [0, 0.05) is 47.9 Å². The van der Waals surface area contributed by atoms with E-state index in [9.17, 15) is 0 Å². The molecule has 1 heterocycles. The molecule has 0 amide bonds. The van der Waals surface area contributed by atoms with Crippen LogP contribution >= 0.6 is 0 Å². The monoisotopic (exact) mass is 724 g/mol. The molecule has 0 saturated heterocycles. The Labute approximate surface area is 320 Å². The van der Waals surface area contributed by atoms with Crippen LogP contribution < -0.4 is 26.4 Å². The van der Waals surface area contributed by atoms with Crippen LogP contribution in [0.5, 0.6) is 11.6 Å². The highest BCUT2D eigenvalue weighted by atomic mass is 16.5. The maximum Gasteiger partial charge on any atom is 0.225 e. The lowest BCUT2D eigenvalue weighted by Crippen LogP contribution is -2.23. The van der Waals surface area contributed by atoms with Gasteiger partial charge in [-0.15, -0.1) is 12.8 Å². The summed E-state index contributed by atoms with van der Waals surface area (Å²) >= 11 is 0. The van der Waals surface area contributed by atoms with Gasteiger partial charge in [0.05, 0.1) is 11.4 Å². The fourth-order valence-electron chi connectivity index (χ4n) is 5.40. The number of hydrogen-bond donors (Lipinski definition) is 4. The number of aromatic nitrogens is 2. The van der Waals surface area contributed by atoms with E-state index in [0.717, 1.165) is 39.9 Å². The van der Waals surface area contributed by atoms with Crippen molar-refractivity contribution in [2.24, 2.45) is 16.6 Å². The molecule has 53 heavy (non-hydrogen) atoms. The second-order valence-electron chi connectivity index (χ2n) is 12.5.